The summed E-state index contributed by atoms with van der Waals surface area (Å²) in [5, 5.41) is 10.1. The third-order valence-electron chi connectivity index (χ3n) is 7.27. The molecule has 190 valence electrons. The van der Waals surface area contributed by atoms with Crippen molar-refractivity contribution in [2.75, 3.05) is 26.3 Å². The van der Waals surface area contributed by atoms with Crippen LogP contribution < -0.4 is 4.74 Å². The van der Waals surface area contributed by atoms with Gasteiger partial charge in [-0.2, -0.15) is 0 Å². The fourth-order valence-corrected chi connectivity index (χ4v) is 5.58. The second-order valence-corrected chi connectivity index (χ2v) is 11.9. The second-order valence-electron chi connectivity index (χ2n) is 11.9. The molecule has 3 aliphatic rings. The van der Waals surface area contributed by atoms with Gasteiger partial charge in [0.25, 0.3) is 0 Å². The highest BCUT2D eigenvalue weighted by Gasteiger charge is 2.55. The van der Waals surface area contributed by atoms with E-state index >= 15 is 0 Å². The molecule has 4 atom stereocenters. The number of hydrogen-bond donors (Lipinski definition) is 1. The van der Waals surface area contributed by atoms with Gasteiger partial charge in [-0.3, -0.25) is 0 Å². The summed E-state index contributed by atoms with van der Waals surface area (Å²) in [6.45, 7) is 14.1. The zero-order valence-electron chi connectivity index (χ0n) is 21.6. The van der Waals surface area contributed by atoms with Crippen LogP contribution in [0.3, 0.4) is 0 Å². The van der Waals surface area contributed by atoms with Crippen LogP contribution in [0.5, 0.6) is 11.5 Å². The molecule has 1 aromatic rings. The van der Waals surface area contributed by atoms with Crippen molar-refractivity contribution in [3.05, 3.63) is 23.8 Å². The topological polar surface area (TPSA) is 77.5 Å². The van der Waals surface area contributed by atoms with Gasteiger partial charge in [-0.15, -0.1) is 0 Å². The molecular formula is C27H41NO6. The quantitative estimate of drug-likeness (QED) is 0.624. The Hall–Kier alpha value is -1.99. The van der Waals surface area contributed by atoms with Gasteiger partial charge in [0.2, 0.25) is 0 Å². The van der Waals surface area contributed by atoms with Gasteiger partial charge in [0.05, 0.1) is 25.9 Å². The van der Waals surface area contributed by atoms with E-state index in [1.54, 1.807) is 17.0 Å². The van der Waals surface area contributed by atoms with E-state index in [1.165, 1.54) is 0 Å². The lowest BCUT2D eigenvalue weighted by atomic mass is 9.69. The lowest BCUT2D eigenvalue weighted by Gasteiger charge is -2.55. The van der Waals surface area contributed by atoms with Crippen LogP contribution in [0.1, 0.15) is 78.9 Å². The third-order valence-corrected chi connectivity index (χ3v) is 7.27. The van der Waals surface area contributed by atoms with Crippen molar-refractivity contribution in [2.24, 2.45) is 11.8 Å². The zero-order chi connectivity index (χ0) is 24.7. The number of carbonyl (C=O) groups excluding carboxylic acids is 1. The van der Waals surface area contributed by atoms with Crippen LogP contribution >= 0.6 is 0 Å². The predicted molar refractivity (Wildman–Crippen MR) is 129 cm³/mol. The number of carbonyl (C=O) groups is 1. The van der Waals surface area contributed by atoms with E-state index in [1.807, 2.05) is 26.8 Å². The standard InChI is InChI=1S/C27H41NO6/c1-18(2)8-7-11-26(6)21-15-27(16-28(12-13-32-27)24(30)34-25(3,4)5)17-31-23(21)20-10-9-19(29)14-22(20)33-26/h9-10,14,18,21,23,29H,7-8,11-13,15-17H2,1-6H3/t21-,23+,26+,27-/m0/s1. The average Bonchev–Trinajstić information content (AvgIpc) is 2.72. The highest BCUT2D eigenvalue weighted by Crippen LogP contribution is 2.54. The summed E-state index contributed by atoms with van der Waals surface area (Å²) in [7, 11) is 0. The minimum atomic E-state index is -0.590. The van der Waals surface area contributed by atoms with Gasteiger partial charge >= 0.3 is 6.09 Å². The summed E-state index contributed by atoms with van der Waals surface area (Å²) in [6.07, 6.45) is 3.34. The number of rotatable bonds is 4. The number of hydrogen-bond acceptors (Lipinski definition) is 6. The van der Waals surface area contributed by atoms with Gasteiger partial charge in [0, 0.05) is 24.1 Å². The molecule has 4 rings (SSSR count). The van der Waals surface area contributed by atoms with Gasteiger partial charge in [-0.25, -0.2) is 4.79 Å². The van der Waals surface area contributed by atoms with Gasteiger partial charge in [0.15, 0.2) is 0 Å². The number of benzene rings is 1. The number of amides is 1. The molecule has 3 heterocycles. The van der Waals surface area contributed by atoms with Crippen LogP contribution in [-0.2, 0) is 14.2 Å². The van der Waals surface area contributed by atoms with Crippen molar-refractivity contribution in [2.45, 2.75) is 90.1 Å². The van der Waals surface area contributed by atoms with E-state index in [2.05, 4.69) is 20.8 Å². The summed E-state index contributed by atoms with van der Waals surface area (Å²) < 4.78 is 25.1. The molecule has 0 aliphatic carbocycles. The van der Waals surface area contributed by atoms with E-state index in [-0.39, 0.29) is 23.9 Å². The fraction of sp³-hybridized carbons (Fsp3) is 0.741. The molecule has 1 N–H and O–H groups in total. The molecule has 0 unspecified atom stereocenters. The van der Waals surface area contributed by atoms with Crippen molar-refractivity contribution in [3.8, 4) is 11.5 Å². The molecule has 3 aliphatic heterocycles. The molecule has 1 amide bonds. The Kier molecular flexibility index (Phi) is 6.82. The van der Waals surface area contributed by atoms with Gasteiger partial charge in [0.1, 0.15) is 28.3 Å². The number of nitrogens with zero attached hydrogens (tertiary/aromatic N) is 1. The SMILES string of the molecule is CC(C)CCC[C@@]1(C)Oc2cc(O)ccc2[C@H]2OC[C@]3(C[C@@H]21)CN(C(=O)OC(C)(C)C)CCO3. The number of phenolic OH excluding ortho intramolecular Hbond substituents is 1. The van der Waals surface area contributed by atoms with E-state index in [9.17, 15) is 9.90 Å². The van der Waals surface area contributed by atoms with E-state index in [4.69, 9.17) is 18.9 Å². The smallest absolute Gasteiger partial charge is 0.410 e. The number of fused-ring (bicyclic) bond motifs is 3. The number of phenols is 1. The summed E-state index contributed by atoms with van der Waals surface area (Å²) >= 11 is 0. The minimum Gasteiger partial charge on any atom is -0.508 e. The maximum Gasteiger partial charge on any atom is 0.410 e. The first kappa shape index (κ1) is 25.1. The Morgan fingerprint density at radius 1 is 1.32 bits per heavy atom. The number of aromatic hydroxyl groups is 1. The molecule has 1 aromatic carbocycles. The second kappa shape index (κ2) is 9.23. The van der Waals surface area contributed by atoms with Gasteiger partial charge in [-0.1, -0.05) is 20.3 Å². The van der Waals surface area contributed by atoms with Crippen molar-refractivity contribution in [1.29, 1.82) is 0 Å². The highest BCUT2D eigenvalue weighted by molar-refractivity contribution is 5.68. The summed E-state index contributed by atoms with van der Waals surface area (Å²) in [4.78, 5) is 14.6. The van der Waals surface area contributed by atoms with Gasteiger partial charge in [-0.05, 0) is 65.0 Å². The van der Waals surface area contributed by atoms with Crippen LogP contribution in [0.4, 0.5) is 4.79 Å². The number of ether oxygens (including phenoxy) is 4. The van der Waals surface area contributed by atoms with Crippen LogP contribution in [0.25, 0.3) is 0 Å². The first-order chi connectivity index (χ1) is 15.9. The Morgan fingerprint density at radius 3 is 2.79 bits per heavy atom. The molecule has 0 saturated carbocycles. The Bertz CT molecular complexity index is 896. The van der Waals surface area contributed by atoms with Crippen LogP contribution in [0, 0.1) is 11.8 Å². The monoisotopic (exact) mass is 475 g/mol. The van der Waals surface area contributed by atoms with Crippen LogP contribution in [0.2, 0.25) is 0 Å². The van der Waals surface area contributed by atoms with Crippen molar-refractivity contribution >= 4 is 6.09 Å². The molecule has 0 bridgehead atoms. The van der Waals surface area contributed by atoms with Crippen LogP contribution in [0.15, 0.2) is 18.2 Å². The normalized spacial score (nSPS) is 31.1. The highest BCUT2D eigenvalue weighted by atomic mass is 16.6. The molecule has 1 spiro atoms. The zero-order valence-corrected chi connectivity index (χ0v) is 21.6. The van der Waals surface area contributed by atoms with E-state index in [0.29, 0.717) is 38.0 Å². The lowest BCUT2D eigenvalue weighted by molar-refractivity contribution is -0.231. The lowest BCUT2D eigenvalue weighted by Crippen LogP contribution is -2.63. The predicted octanol–water partition coefficient (Wildman–Crippen LogP) is 5.45. The van der Waals surface area contributed by atoms with E-state index < -0.39 is 16.8 Å². The Morgan fingerprint density at radius 2 is 2.09 bits per heavy atom. The molecule has 0 aromatic heterocycles. The first-order valence-corrected chi connectivity index (χ1v) is 12.7. The molecule has 0 radical (unpaired) electrons. The minimum absolute atomic E-state index is 0.0593. The maximum atomic E-state index is 12.8. The molecular weight excluding hydrogens is 434 g/mol. The largest absolute Gasteiger partial charge is 0.508 e. The molecule has 7 heteroatoms. The summed E-state index contributed by atoms with van der Waals surface area (Å²) in [5.74, 6) is 1.57. The molecule has 34 heavy (non-hydrogen) atoms. The summed E-state index contributed by atoms with van der Waals surface area (Å²) in [5.41, 5.74) is -0.629. The molecule has 2 saturated heterocycles. The average molecular weight is 476 g/mol. The Balaban J connectivity index is 1.59. The van der Waals surface area contributed by atoms with Gasteiger partial charge < -0.3 is 29.0 Å². The fourth-order valence-electron chi connectivity index (χ4n) is 5.58. The van der Waals surface area contributed by atoms with E-state index in [0.717, 1.165) is 31.2 Å². The van der Waals surface area contributed by atoms with Crippen molar-refractivity contribution in [3.63, 3.8) is 0 Å². The molecule has 2 fully saturated rings. The van der Waals surface area contributed by atoms with Crippen LogP contribution in [-0.4, -0.2) is 59.2 Å². The Labute approximate surface area is 203 Å². The third kappa shape index (κ3) is 5.30. The molecule has 7 nitrogen and oxygen atoms in total. The van der Waals surface area contributed by atoms with Crippen molar-refractivity contribution < 1.29 is 28.8 Å². The maximum absolute atomic E-state index is 12.8. The number of morpholine rings is 1. The first-order valence-electron chi connectivity index (χ1n) is 12.7. The van der Waals surface area contributed by atoms with Crippen molar-refractivity contribution in [1.82, 2.24) is 4.90 Å². The summed E-state index contributed by atoms with van der Waals surface area (Å²) in [6, 6.07) is 5.29.